The second-order valence-corrected chi connectivity index (χ2v) is 4.25. The molecule has 0 amide bonds. The predicted molar refractivity (Wildman–Crippen MR) is 72.6 cm³/mol. The van der Waals surface area contributed by atoms with E-state index >= 15 is 0 Å². The highest BCUT2D eigenvalue weighted by molar-refractivity contribution is 5.89. The zero-order valence-electron chi connectivity index (χ0n) is 10.4. The quantitative estimate of drug-likeness (QED) is 0.894. The first-order valence-electron chi connectivity index (χ1n) is 5.71. The summed E-state index contributed by atoms with van der Waals surface area (Å²) >= 11 is 0. The van der Waals surface area contributed by atoms with Crippen molar-refractivity contribution < 1.29 is 9.90 Å². The molecule has 2 aromatic carbocycles. The van der Waals surface area contributed by atoms with Gasteiger partial charge in [0, 0.05) is 18.4 Å². The molecule has 3 heteroatoms. The first-order chi connectivity index (χ1) is 8.58. The van der Waals surface area contributed by atoms with Crippen LogP contribution in [0, 0.1) is 6.92 Å². The molecule has 0 bridgehead atoms. The summed E-state index contributed by atoms with van der Waals surface area (Å²) in [6, 6.07) is 15.0. The Kier molecular flexibility index (Phi) is 3.33. The SMILES string of the molecule is Cc1ccc(N(C)c2cccc(C(=O)O)c2)cc1. The van der Waals surface area contributed by atoms with E-state index in [1.165, 1.54) is 5.56 Å². The standard InChI is InChI=1S/C15H15NO2/c1-11-6-8-13(9-7-11)16(2)14-5-3-4-12(10-14)15(17)18/h3-10H,1-2H3,(H,17,18). The fraction of sp³-hybridized carbons (Fsp3) is 0.133. The largest absolute Gasteiger partial charge is 0.478 e. The number of rotatable bonds is 3. The van der Waals surface area contributed by atoms with Crippen molar-refractivity contribution in [3.05, 3.63) is 59.7 Å². The molecule has 0 aromatic heterocycles. The number of nitrogens with zero attached hydrogens (tertiary/aromatic N) is 1. The van der Waals surface area contributed by atoms with Gasteiger partial charge in [-0.15, -0.1) is 0 Å². The molecule has 0 unspecified atom stereocenters. The summed E-state index contributed by atoms with van der Waals surface area (Å²) in [5.41, 5.74) is 3.39. The van der Waals surface area contributed by atoms with Crippen LogP contribution < -0.4 is 4.90 Å². The molecule has 0 saturated heterocycles. The summed E-state index contributed by atoms with van der Waals surface area (Å²) in [5.74, 6) is -0.908. The van der Waals surface area contributed by atoms with Gasteiger partial charge in [-0.05, 0) is 37.3 Å². The Bertz CT molecular complexity index is 561. The highest BCUT2D eigenvalue weighted by Gasteiger charge is 2.07. The van der Waals surface area contributed by atoms with E-state index < -0.39 is 5.97 Å². The maximum absolute atomic E-state index is 10.9. The van der Waals surface area contributed by atoms with Crippen LogP contribution in [0.5, 0.6) is 0 Å². The summed E-state index contributed by atoms with van der Waals surface area (Å²) < 4.78 is 0. The Morgan fingerprint density at radius 2 is 1.72 bits per heavy atom. The first-order valence-corrected chi connectivity index (χ1v) is 5.71. The third-order valence-electron chi connectivity index (χ3n) is 2.90. The molecule has 18 heavy (non-hydrogen) atoms. The third kappa shape index (κ3) is 2.51. The molecule has 0 spiro atoms. The van der Waals surface area contributed by atoms with Gasteiger partial charge in [0.05, 0.1) is 5.56 Å². The Morgan fingerprint density at radius 3 is 2.33 bits per heavy atom. The van der Waals surface area contributed by atoms with Gasteiger partial charge < -0.3 is 10.0 Å². The van der Waals surface area contributed by atoms with Crippen molar-refractivity contribution in [1.29, 1.82) is 0 Å². The van der Waals surface area contributed by atoms with E-state index in [-0.39, 0.29) is 0 Å². The van der Waals surface area contributed by atoms with Gasteiger partial charge in [-0.3, -0.25) is 0 Å². The summed E-state index contributed by atoms with van der Waals surface area (Å²) in [6.07, 6.45) is 0. The fourth-order valence-corrected chi connectivity index (χ4v) is 1.77. The molecule has 92 valence electrons. The molecular formula is C15H15NO2. The number of aryl methyl sites for hydroxylation is 1. The van der Waals surface area contributed by atoms with Gasteiger partial charge in [0.2, 0.25) is 0 Å². The van der Waals surface area contributed by atoms with Gasteiger partial charge in [0.1, 0.15) is 0 Å². The van der Waals surface area contributed by atoms with Crippen LogP contribution in [0.2, 0.25) is 0 Å². The van der Waals surface area contributed by atoms with Gasteiger partial charge in [0.25, 0.3) is 0 Å². The van der Waals surface area contributed by atoms with Crippen molar-refractivity contribution in [2.75, 3.05) is 11.9 Å². The minimum atomic E-state index is -0.908. The molecule has 0 heterocycles. The van der Waals surface area contributed by atoms with Crippen LogP contribution in [0.1, 0.15) is 15.9 Å². The smallest absolute Gasteiger partial charge is 0.335 e. The second-order valence-electron chi connectivity index (χ2n) is 4.25. The topological polar surface area (TPSA) is 40.5 Å². The van der Waals surface area contributed by atoms with E-state index in [9.17, 15) is 4.79 Å². The number of anilines is 2. The highest BCUT2D eigenvalue weighted by atomic mass is 16.4. The fourth-order valence-electron chi connectivity index (χ4n) is 1.77. The normalized spacial score (nSPS) is 10.1. The lowest BCUT2D eigenvalue weighted by Crippen LogP contribution is -2.10. The highest BCUT2D eigenvalue weighted by Crippen LogP contribution is 2.24. The molecule has 2 aromatic rings. The molecule has 0 aliphatic carbocycles. The number of carboxylic acid groups (broad SMARTS) is 1. The molecule has 2 rings (SSSR count). The molecule has 1 N–H and O–H groups in total. The third-order valence-corrected chi connectivity index (χ3v) is 2.90. The van der Waals surface area contributed by atoms with E-state index in [1.54, 1.807) is 18.2 Å². The summed E-state index contributed by atoms with van der Waals surface area (Å²) in [7, 11) is 1.92. The zero-order chi connectivity index (χ0) is 13.1. The van der Waals surface area contributed by atoms with Crippen LogP contribution in [0.4, 0.5) is 11.4 Å². The molecule has 0 aliphatic rings. The molecule has 0 radical (unpaired) electrons. The van der Waals surface area contributed by atoms with E-state index in [0.29, 0.717) is 5.56 Å². The molecule has 0 atom stereocenters. The number of hydrogen-bond donors (Lipinski definition) is 1. The molecule has 0 saturated carbocycles. The van der Waals surface area contributed by atoms with E-state index in [4.69, 9.17) is 5.11 Å². The number of hydrogen-bond acceptors (Lipinski definition) is 2. The summed E-state index contributed by atoms with van der Waals surface area (Å²) in [4.78, 5) is 12.9. The number of carboxylic acids is 1. The summed E-state index contributed by atoms with van der Waals surface area (Å²) in [5, 5.41) is 8.98. The molecular weight excluding hydrogens is 226 g/mol. The minimum Gasteiger partial charge on any atom is -0.478 e. The average molecular weight is 241 g/mol. The predicted octanol–water partition coefficient (Wildman–Crippen LogP) is 3.46. The number of carbonyl (C=O) groups is 1. The number of benzene rings is 2. The average Bonchev–Trinajstić information content (AvgIpc) is 2.39. The van der Waals surface area contributed by atoms with Gasteiger partial charge in [-0.2, -0.15) is 0 Å². The van der Waals surface area contributed by atoms with Crippen LogP contribution in [-0.4, -0.2) is 18.1 Å². The van der Waals surface area contributed by atoms with Crippen LogP contribution >= 0.6 is 0 Å². The maximum atomic E-state index is 10.9. The van der Waals surface area contributed by atoms with Crippen molar-refractivity contribution in [3.63, 3.8) is 0 Å². The Labute approximate surface area is 106 Å². The van der Waals surface area contributed by atoms with Crippen LogP contribution in [0.15, 0.2) is 48.5 Å². The van der Waals surface area contributed by atoms with Crippen LogP contribution in [0.3, 0.4) is 0 Å². The molecule has 0 aliphatic heterocycles. The number of aromatic carboxylic acids is 1. The maximum Gasteiger partial charge on any atom is 0.335 e. The van der Waals surface area contributed by atoms with E-state index in [0.717, 1.165) is 11.4 Å². The Balaban J connectivity index is 2.33. The molecule has 3 nitrogen and oxygen atoms in total. The van der Waals surface area contributed by atoms with Crippen molar-refractivity contribution in [2.24, 2.45) is 0 Å². The van der Waals surface area contributed by atoms with Crippen LogP contribution in [0.25, 0.3) is 0 Å². The first kappa shape index (κ1) is 12.2. The second kappa shape index (κ2) is 4.92. The van der Waals surface area contributed by atoms with Gasteiger partial charge >= 0.3 is 5.97 Å². The Morgan fingerprint density at radius 1 is 1.06 bits per heavy atom. The van der Waals surface area contributed by atoms with Crippen molar-refractivity contribution in [1.82, 2.24) is 0 Å². The lowest BCUT2D eigenvalue weighted by atomic mass is 10.1. The monoisotopic (exact) mass is 241 g/mol. The van der Waals surface area contributed by atoms with Crippen LogP contribution in [-0.2, 0) is 0 Å². The molecule has 0 fully saturated rings. The van der Waals surface area contributed by atoms with E-state index in [2.05, 4.69) is 0 Å². The lowest BCUT2D eigenvalue weighted by molar-refractivity contribution is 0.0697. The van der Waals surface area contributed by atoms with Gasteiger partial charge in [-0.1, -0.05) is 23.8 Å². The van der Waals surface area contributed by atoms with Gasteiger partial charge in [-0.25, -0.2) is 4.79 Å². The van der Waals surface area contributed by atoms with Crippen molar-refractivity contribution in [2.45, 2.75) is 6.92 Å². The minimum absolute atomic E-state index is 0.298. The van der Waals surface area contributed by atoms with Crippen molar-refractivity contribution >= 4 is 17.3 Å². The zero-order valence-corrected chi connectivity index (χ0v) is 10.4. The van der Waals surface area contributed by atoms with Crippen molar-refractivity contribution in [3.8, 4) is 0 Å². The summed E-state index contributed by atoms with van der Waals surface area (Å²) in [6.45, 7) is 2.04. The van der Waals surface area contributed by atoms with Gasteiger partial charge in [0.15, 0.2) is 0 Å². The van der Waals surface area contributed by atoms with E-state index in [1.807, 2.05) is 49.2 Å². The lowest BCUT2D eigenvalue weighted by Gasteiger charge is -2.20. The Hall–Kier alpha value is -2.29.